The molecule has 0 saturated heterocycles. The van der Waals surface area contributed by atoms with Crippen LogP contribution in [-0.4, -0.2) is 27.6 Å². The number of benzene rings is 2. The molecule has 1 amide bonds. The van der Waals surface area contributed by atoms with Crippen LogP contribution in [0.1, 0.15) is 54.9 Å². The third-order valence-corrected chi connectivity index (χ3v) is 9.58. The lowest BCUT2D eigenvalue weighted by atomic mass is 9.68. The van der Waals surface area contributed by atoms with E-state index in [9.17, 15) is 14.9 Å². The smallest absolute Gasteiger partial charge is 0.234 e. The number of allylic oxidation sites excluding steroid dienone is 3. The first-order valence-corrected chi connectivity index (χ1v) is 15.1. The maximum atomic E-state index is 13.7. The van der Waals surface area contributed by atoms with Crippen LogP contribution >= 0.6 is 23.1 Å². The number of carbonyl (C=O) groups excluding carboxylic acids is 2. The molecule has 0 spiro atoms. The van der Waals surface area contributed by atoms with Crippen LogP contribution in [0.25, 0.3) is 0 Å². The van der Waals surface area contributed by atoms with E-state index in [0.717, 1.165) is 33.6 Å². The number of anilines is 2. The minimum Gasteiger partial charge on any atom is -0.384 e. The summed E-state index contributed by atoms with van der Waals surface area (Å²) in [5, 5.41) is 22.5. The van der Waals surface area contributed by atoms with Crippen molar-refractivity contribution in [1.29, 1.82) is 5.26 Å². The first kappa shape index (κ1) is 28.6. The molecule has 0 bridgehead atoms. The van der Waals surface area contributed by atoms with Crippen LogP contribution in [0.2, 0.25) is 0 Å². The van der Waals surface area contributed by atoms with Crippen molar-refractivity contribution in [1.82, 2.24) is 10.2 Å². The molecule has 41 heavy (non-hydrogen) atoms. The minimum absolute atomic E-state index is 0.0111. The van der Waals surface area contributed by atoms with Crippen LogP contribution < -0.4 is 16.0 Å². The van der Waals surface area contributed by atoms with E-state index in [0.29, 0.717) is 33.5 Å². The maximum Gasteiger partial charge on any atom is 0.234 e. The predicted molar refractivity (Wildman–Crippen MR) is 163 cm³/mol. The molecule has 3 N–H and O–H groups in total. The van der Waals surface area contributed by atoms with E-state index in [-0.39, 0.29) is 28.7 Å². The SMILES string of the molecule is Cc1ccccc1C1C(C#N)=C(N)N(c2nnc(SCC(=O)Nc3c(C)cccc3C)s2)C2=C1C(=O)CC(C)(C)C2. The summed E-state index contributed by atoms with van der Waals surface area (Å²) < 4.78 is 0.590. The standard InChI is InChI=1S/C31H32N6O2S2/c1-17-9-6-7-12-20(17)25-21(15-32)28(33)37(22-13-31(4,5)14-23(38)26(22)25)29-35-36-30(41-29)40-16-24(39)34-27-18(2)10-8-11-19(27)3/h6-12,25H,13-14,16,33H2,1-5H3,(H,34,39). The zero-order chi connectivity index (χ0) is 29.5. The van der Waals surface area contributed by atoms with Crippen molar-refractivity contribution in [3.05, 3.63) is 87.4 Å². The van der Waals surface area contributed by atoms with Gasteiger partial charge < -0.3 is 11.1 Å². The highest BCUT2D eigenvalue weighted by molar-refractivity contribution is 8.01. The number of nitriles is 1. The lowest BCUT2D eigenvalue weighted by molar-refractivity contribution is -0.118. The Morgan fingerprint density at radius 2 is 1.80 bits per heavy atom. The molecular weight excluding hydrogens is 553 g/mol. The summed E-state index contributed by atoms with van der Waals surface area (Å²) in [5.74, 6) is -0.251. The molecule has 2 aliphatic rings. The molecular formula is C31H32N6O2S2. The lowest BCUT2D eigenvalue weighted by Gasteiger charge is -2.42. The summed E-state index contributed by atoms with van der Waals surface area (Å²) in [5.41, 5.74) is 12.8. The molecule has 8 nitrogen and oxygen atoms in total. The molecule has 0 saturated carbocycles. The third kappa shape index (κ3) is 5.52. The zero-order valence-electron chi connectivity index (χ0n) is 23.7. The number of hydrogen-bond acceptors (Lipinski definition) is 9. The van der Waals surface area contributed by atoms with Gasteiger partial charge in [0.25, 0.3) is 0 Å². The second kappa shape index (κ2) is 11.1. The number of Topliss-reactive ketones (excluding diaryl/α,β-unsaturated/α-hetero) is 1. The van der Waals surface area contributed by atoms with Gasteiger partial charge in [0.05, 0.1) is 23.3 Å². The Hall–Kier alpha value is -3.94. The van der Waals surface area contributed by atoms with Gasteiger partial charge in [-0.2, -0.15) is 5.26 Å². The van der Waals surface area contributed by atoms with Crippen molar-refractivity contribution in [2.24, 2.45) is 11.1 Å². The fraction of sp³-hybridized carbons (Fsp3) is 0.323. The number of nitrogens with zero attached hydrogens (tertiary/aromatic N) is 4. The molecule has 5 rings (SSSR count). The average molecular weight is 585 g/mol. The molecule has 1 aliphatic carbocycles. The van der Waals surface area contributed by atoms with Gasteiger partial charge in [0, 0.05) is 23.4 Å². The van der Waals surface area contributed by atoms with Crippen molar-refractivity contribution in [3.8, 4) is 6.07 Å². The van der Waals surface area contributed by atoms with Crippen molar-refractivity contribution in [2.45, 2.75) is 57.7 Å². The third-order valence-electron chi connectivity index (χ3n) is 7.54. The molecule has 1 atom stereocenters. The Kier molecular flexibility index (Phi) is 7.77. The Morgan fingerprint density at radius 3 is 2.49 bits per heavy atom. The van der Waals surface area contributed by atoms with Crippen LogP contribution in [0.5, 0.6) is 0 Å². The summed E-state index contributed by atoms with van der Waals surface area (Å²) >= 11 is 2.57. The maximum absolute atomic E-state index is 13.7. The van der Waals surface area contributed by atoms with Crippen molar-refractivity contribution in [2.75, 3.05) is 16.0 Å². The van der Waals surface area contributed by atoms with Crippen LogP contribution in [0.4, 0.5) is 10.8 Å². The van der Waals surface area contributed by atoms with Crippen LogP contribution in [0.15, 0.2) is 69.5 Å². The zero-order valence-corrected chi connectivity index (χ0v) is 25.4. The molecule has 2 heterocycles. The van der Waals surface area contributed by atoms with Gasteiger partial charge >= 0.3 is 0 Å². The molecule has 10 heteroatoms. The number of nitrogens with two attached hydrogens (primary N) is 1. The molecule has 1 aliphatic heterocycles. The first-order valence-electron chi connectivity index (χ1n) is 13.3. The van der Waals surface area contributed by atoms with Crippen LogP contribution in [0.3, 0.4) is 0 Å². The number of aryl methyl sites for hydroxylation is 3. The van der Waals surface area contributed by atoms with Gasteiger partial charge in [0.15, 0.2) is 10.1 Å². The Bertz CT molecular complexity index is 1640. The fourth-order valence-electron chi connectivity index (χ4n) is 5.61. The van der Waals surface area contributed by atoms with Crippen molar-refractivity contribution in [3.63, 3.8) is 0 Å². The number of para-hydroxylation sites is 1. The first-order chi connectivity index (χ1) is 19.5. The topological polar surface area (TPSA) is 125 Å². The summed E-state index contributed by atoms with van der Waals surface area (Å²) in [4.78, 5) is 28.2. The second-order valence-corrected chi connectivity index (χ2v) is 13.5. The molecule has 0 radical (unpaired) electrons. The number of amides is 1. The molecule has 2 aromatic carbocycles. The average Bonchev–Trinajstić information content (AvgIpc) is 3.37. The number of rotatable bonds is 6. The van der Waals surface area contributed by atoms with E-state index in [4.69, 9.17) is 5.73 Å². The Labute approximate surface area is 248 Å². The Balaban J connectivity index is 1.47. The van der Waals surface area contributed by atoms with Gasteiger partial charge in [-0.3, -0.25) is 14.5 Å². The van der Waals surface area contributed by atoms with Gasteiger partial charge in [-0.15, -0.1) is 10.2 Å². The molecule has 210 valence electrons. The van der Waals surface area contributed by atoms with Crippen LogP contribution in [-0.2, 0) is 9.59 Å². The molecule has 3 aromatic rings. The summed E-state index contributed by atoms with van der Waals surface area (Å²) in [6.07, 6.45) is 0.976. The fourth-order valence-corrected chi connectivity index (χ4v) is 7.30. The van der Waals surface area contributed by atoms with E-state index in [1.54, 1.807) is 4.90 Å². The molecule has 1 unspecified atom stereocenters. The highest BCUT2D eigenvalue weighted by Gasteiger charge is 2.45. The lowest BCUT2D eigenvalue weighted by Crippen LogP contribution is -2.42. The van der Waals surface area contributed by atoms with E-state index in [2.05, 4.69) is 35.4 Å². The second-order valence-electron chi connectivity index (χ2n) is 11.3. The van der Waals surface area contributed by atoms with E-state index < -0.39 is 5.92 Å². The monoisotopic (exact) mass is 584 g/mol. The number of carbonyl (C=O) groups is 2. The van der Waals surface area contributed by atoms with Gasteiger partial charge in [-0.25, -0.2) is 0 Å². The van der Waals surface area contributed by atoms with E-state index >= 15 is 0 Å². The normalized spacial score (nSPS) is 18.3. The van der Waals surface area contributed by atoms with Gasteiger partial charge in [-0.05, 0) is 54.9 Å². The predicted octanol–water partition coefficient (Wildman–Crippen LogP) is 6.14. The molecule has 0 fully saturated rings. The Morgan fingerprint density at radius 1 is 1.12 bits per heavy atom. The van der Waals surface area contributed by atoms with Gasteiger partial charge in [0.1, 0.15) is 5.82 Å². The number of ketones is 1. The molecule has 1 aromatic heterocycles. The quantitative estimate of drug-likeness (QED) is 0.331. The summed E-state index contributed by atoms with van der Waals surface area (Å²) in [6, 6.07) is 16.0. The largest absolute Gasteiger partial charge is 0.384 e. The number of hydrogen-bond donors (Lipinski definition) is 2. The van der Waals surface area contributed by atoms with Gasteiger partial charge in [-0.1, -0.05) is 79.4 Å². The van der Waals surface area contributed by atoms with Crippen molar-refractivity contribution < 1.29 is 9.59 Å². The van der Waals surface area contributed by atoms with E-state index in [1.807, 2.05) is 63.2 Å². The van der Waals surface area contributed by atoms with Crippen LogP contribution in [0, 0.1) is 37.5 Å². The summed E-state index contributed by atoms with van der Waals surface area (Å²) in [7, 11) is 0. The highest BCUT2D eigenvalue weighted by atomic mass is 32.2. The highest BCUT2D eigenvalue weighted by Crippen LogP contribution is 2.51. The number of aromatic nitrogens is 2. The number of nitrogens with one attached hydrogen (secondary N) is 1. The number of thioether (sulfide) groups is 1. The van der Waals surface area contributed by atoms with E-state index in [1.165, 1.54) is 23.1 Å². The minimum atomic E-state index is -0.536. The summed E-state index contributed by atoms with van der Waals surface area (Å²) in [6.45, 7) is 10.0. The van der Waals surface area contributed by atoms with Gasteiger partial charge in [0.2, 0.25) is 11.0 Å². The van der Waals surface area contributed by atoms with Crippen molar-refractivity contribution >= 4 is 45.6 Å².